The largest absolute Gasteiger partial charge is 0.398 e. The number of benzene rings is 1. The Bertz CT molecular complexity index is 518. The van der Waals surface area contributed by atoms with Gasteiger partial charge in [0.25, 0.3) is 0 Å². The Morgan fingerprint density at radius 1 is 1.31 bits per heavy atom. The lowest BCUT2D eigenvalue weighted by Crippen LogP contribution is -2.14. The lowest BCUT2D eigenvalue weighted by atomic mass is 10.2. The molecule has 2 aromatic rings. The van der Waals surface area contributed by atoms with E-state index >= 15 is 0 Å². The van der Waals surface area contributed by atoms with Crippen molar-refractivity contribution in [3.63, 3.8) is 0 Å². The van der Waals surface area contributed by atoms with Crippen LogP contribution >= 0.6 is 11.3 Å². The van der Waals surface area contributed by atoms with Crippen LogP contribution in [0.4, 0.5) is 5.69 Å². The summed E-state index contributed by atoms with van der Waals surface area (Å²) in [5.74, 6) is 0. The van der Waals surface area contributed by atoms with E-state index in [-0.39, 0.29) is 4.87 Å². The molecular weight excluding hydrogens is 222 g/mol. The Balaban J connectivity index is 1.89. The molecule has 0 aliphatic heterocycles. The number of nitrogens with one attached hydrogen (secondary N) is 2. The van der Waals surface area contributed by atoms with Gasteiger partial charge in [0.2, 0.25) is 0 Å². The van der Waals surface area contributed by atoms with E-state index in [0.717, 1.165) is 16.9 Å². The minimum Gasteiger partial charge on any atom is -0.398 e. The van der Waals surface area contributed by atoms with E-state index in [9.17, 15) is 4.79 Å². The Morgan fingerprint density at radius 2 is 2.12 bits per heavy atom. The molecule has 1 heterocycles. The van der Waals surface area contributed by atoms with Crippen molar-refractivity contribution in [3.8, 4) is 0 Å². The zero-order valence-corrected chi connectivity index (χ0v) is 9.51. The monoisotopic (exact) mass is 235 g/mol. The molecule has 16 heavy (non-hydrogen) atoms. The van der Waals surface area contributed by atoms with Crippen molar-refractivity contribution in [2.24, 2.45) is 0 Å². The highest BCUT2D eigenvalue weighted by Gasteiger charge is 1.98. The van der Waals surface area contributed by atoms with Crippen molar-refractivity contribution < 1.29 is 0 Å². The molecule has 0 saturated carbocycles. The Labute approximate surface area is 97.1 Å². The molecule has 1 aromatic carbocycles. The SMILES string of the molecule is Nc1ccccc1CNCc1csc(=O)[nH]1. The highest BCUT2D eigenvalue weighted by atomic mass is 32.1. The molecule has 2 rings (SSSR count). The lowest BCUT2D eigenvalue weighted by Gasteiger charge is -2.05. The topological polar surface area (TPSA) is 70.9 Å². The number of anilines is 1. The summed E-state index contributed by atoms with van der Waals surface area (Å²) in [4.78, 5) is 13.6. The minimum atomic E-state index is -0.0176. The van der Waals surface area contributed by atoms with Gasteiger partial charge in [0.15, 0.2) is 0 Å². The van der Waals surface area contributed by atoms with Crippen LogP contribution in [0.3, 0.4) is 0 Å². The average Bonchev–Trinajstić information content (AvgIpc) is 2.67. The first-order valence-electron chi connectivity index (χ1n) is 4.96. The molecule has 0 bridgehead atoms. The first-order chi connectivity index (χ1) is 7.75. The molecule has 0 aliphatic rings. The smallest absolute Gasteiger partial charge is 0.304 e. The van der Waals surface area contributed by atoms with E-state index in [1.807, 2.05) is 29.6 Å². The third kappa shape index (κ3) is 2.71. The van der Waals surface area contributed by atoms with Crippen LogP contribution in [0.2, 0.25) is 0 Å². The molecule has 0 atom stereocenters. The molecule has 0 amide bonds. The van der Waals surface area contributed by atoms with Crippen molar-refractivity contribution in [2.75, 3.05) is 5.73 Å². The molecule has 5 heteroatoms. The third-order valence-corrected chi connectivity index (χ3v) is 2.98. The zero-order valence-electron chi connectivity index (χ0n) is 8.69. The van der Waals surface area contributed by atoms with Crippen LogP contribution in [0.5, 0.6) is 0 Å². The number of thiazole rings is 1. The van der Waals surface area contributed by atoms with Crippen LogP contribution in [0.15, 0.2) is 34.4 Å². The van der Waals surface area contributed by atoms with Crippen molar-refractivity contribution in [1.82, 2.24) is 10.3 Å². The Morgan fingerprint density at radius 3 is 2.81 bits per heavy atom. The van der Waals surface area contributed by atoms with Gasteiger partial charge < -0.3 is 16.0 Å². The van der Waals surface area contributed by atoms with Gasteiger partial charge in [-0.25, -0.2) is 0 Å². The maximum Gasteiger partial charge on any atom is 0.304 e. The van der Waals surface area contributed by atoms with E-state index < -0.39 is 0 Å². The van der Waals surface area contributed by atoms with E-state index in [2.05, 4.69) is 10.3 Å². The second kappa shape index (κ2) is 4.96. The normalized spacial score (nSPS) is 10.5. The van der Waals surface area contributed by atoms with E-state index in [4.69, 9.17) is 5.73 Å². The molecule has 0 spiro atoms. The predicted molar refractivity (Wildman–Crippen MR) is 66.3 cm³/mol. The Hall–Kier alpha value is -1.59. The third-order valence-electron chi connectivity index (χ3n) is 2.26. The molecule has 0 radical (unpaired) electrons. The number of aromatic nitrogens is 1. The van der Waals surface area contributed by atoms with Gasteiger partial charge in [0, 0.05) is 29.9 Å². The highest BCUT2D eigenvalue weighted by Crippen LogP contribution is 2.09. The molecular formula is C11H13N3OS. The van der Waals surface area contributed by atoms with Crippen molar-refractivity contribution in [2.45, 2.75) is 13.1 Å². The number of nitrogen functional groups attached to an aromatic ring is 1. The van der Waals surface area contributed by atoms with Gasteiger partial charge in [-0.15, -0.1) is 0 Å². The van der Waals surface area contributed by atoms with Crippen molar-refractivity contribution >= 4 is 17.0 Å². The van der Waals surface area contributed by atoms with Gasteiger partial charge in [0.05, 0.1) is 0 Å². The fraction of sp³-hybridized carbons (Fsp3) is 0.182. The van der Waals surface area contributed by atoms with Crippen LogP contribution in [0.1, 0.15) is 11.3 Å². The van der Waals surface area contributed by atoms with Gasteiger partial charge in [-0.05, 0) is 11.6 Å². The number of H-pyrrole nitrogens is 1. The second-order valence-corrected chi connectivity index (χ2v) is 4.32. The summed E-state index contributed by atoms with van der Waals surface area (Å²) in [6.07, 6.45) is 0. The average molecular weight is 235 g/mol. The van der Waals surface area contributed by atoms with Crippen molar-refractivity contribution in [3.05, 3.63) is 50.6 Å². The molecule has 4 N–H and O–H groups in total. The molecule has 0 aliphatic carbocycles. The first kappa shape index (κ1) is 10.9. The summed E-state index contributed by atoms with van der Waals surface area (Å²) in [6.45, 7) is 1.34. The van der Waals surface area contributed by atoms with Gasteiger partial charge in [-0.2, -0.15) is 0 Å². The highest BCUT2D eigenvalue weighted by molar-refractivity contribution is 7.07. The Kier molecular flexibility index (Phi) is 3.38. The number of para-hydroxylation sites is 1. The zero-order chi connectivity index (χ0) is 11.4. The van der Waals surface area contributed by atoms with Crippen LogP contribution < -0.4 is 15.9 Å². The molecule has 1 aromatic heterocycles. The minimum absolute atomic E-state index is 0.0176. The van der Waals surface area contributed by atoms with Gasteiger partial charge >= 0.3 is 4.87 Å². The van der Waals surface area contributed by atoms with E-state index in [0.29, 0.717) is 13.1 Å². The molecule has 84 valence electrons. The summed E-state index contributed by atoms with van der Waals surface area (Å²) < 4.78 is 0. The van der Waals surface area contributed by atoms with Crippen LogP contribution in [0, 0.1) is 0 Å². The maximum atomic E-state index is 10.9. The van der Waals surface area contributed by atoms with Crippen LogP contribution in [-0.4, -0.2) is 4.98 Å². The lowest BCUT2D eigenvalue weighted by molar-refractivity contribution is 0.683. The van der Waals surface area contributed by atoms with Gasteiger partial charge in [-0.1, -0.05) is 29.5 Å². The molecule has 0 saturated heterocycles. The van der Waals surface area contributed by atoms with E-state index in [1.165, 1.54) is 11.3 Å². The fourth-order valence-electron chi connectivity index (χ4n) is 1.43. The van der Waals surface area contributed by atoms with Crippen LogP contribution in [-0.2, 0) is 13.1 Å². The van der Waals surface area contributed by atoms with Crippen molar-refractivity contribution in [1.29, 1.82) is 0 Å². The summed E-state index contributed by atoms with van der Waals surface area (Å²) >= 11 is 1.18. The number of aromatic amines is 1. The summed E-state index contributed by atoms with van der Waals surface area (Å²) in [5, 5.41) is 5.05. The van der Waals surface area contributed by atoms with Crippen LogP contribution in [0.25, 0.3) is 0 Å². The van der Waals surface area contributed by atoms with Gasteiger partial charge in [-0.3, -0.25) is 4.79 Å². The van der Waals surface area contributed by atoms with Gasteiger partial charge in [0.1, 0.15) is 0 Å². The summed E-state index contributed by atoms with van der Waals surface area (Å²) in [7, 11) is 0. The quantitative estimate of drug-likeness (QED) is 0.700. The molecule has 0 fully saturated rings. The summed E-state index contributed by atoms with van der Waals surface area (Å²) in [5.41, 5.74) is 8.57. The fourth-order valence-corrected chi connectivity index (χ4v) is 2.01. The van der Waals surface area contributed by atoms with E-state index in [1.54, 1.807) is 0 Å². The maximum absolute atomic E-state index is 10.9. The molecule has 4 nitrogen and oxygen atoms in total. The number of hydrogen-bond acceptors (Lipinski definition) is 4. The second-order valence-electron chi connectivity index (χ2n) is 3.48. The predicted octanol–water partition coefficient (Wildman–Crippen LogP) is 1.31. The number of nitrogens with two attached hydrogens (primary N) is 1. The standard InChI is InChI=1S/C11H13N3OS/c12-10-4-2-1-3-8(10)5-13-6-9-7-16-11(15)14-9/h1-4,7,13H,5-6,12H2,(H,14,15). The number of rotatable bonds is 4. The first-order valence-corrected chi connectivity index (χ1v) is 5.84. The number of hydrogen-bond donors (Lipinski definition) is 3. The molecule has 0 unspecified atom stereocenters. The summed E-state index contributed by atoms with van der Waals surface area (Å²) in [6, 6.07) is 7.73.